The van der Waals surface area contributed by atoms with Crippen LogP contribution < -0.4 is 0 Å². The number of nitrogens with zero attached hydrogens (tertiary/aromatic N) is 1. The Morgan fingerprint density at radius 2 is 2.00 bits per heavy atom. The number of aromatic hydroxyl groups is 1. The summed E-state index contributed by atoms with van der Waals surface area (Å²) in [5.74, 6) is 0.277. The topological polar surface area (TPSA) is 48.9 Å². The number of para-hydroxylation sites is 1. The highest BCUT2D eigenvalue weighted by atomic mass is 35.5. The van der Waals surface area contributed by atoms with Gasteiger partial charge in [0.1, 0.15) is 5.75 Å². The highest BCUT2D eigenvalue weighted by Gasteiger charge is 2.02. The summed E-state index contributed by atoms with van der Waals surface area (Å²) in [7, 11) is 0. The zero-order chi connectivity index (χ0) is 8.39. The molecular formula is C9H9ClN2O. The lowest BCUT2D eigenvalue weighted by molar-refractivity contribution is 0.477. The highest BCUT2D eigenvalue weighted by Crippen LogP contribution is 2.26. The molecule has 0 atom stereocenters. The van der Waals surface area contributed by atoms with Crippen molar-refractivity contribution >= 4 is 12.4 Å². The first kappa shape index (κ1) is 9.61. The molecule has 0 aliphatic carbocycles. The van der Waals surface area contributed by atoms with Crippen molar-refractivity contribution < 1.29 is 5.11 Å². The largest absolute Gasteiger partial charge is 0.507 e. The van der Waals surface area contributed by atoms with Gasteiger partial charge < -0.3 is 5.11 Å². The molecule has 0 radical (unpaired) electrons. The Balaban J connectivity index is 0.000000845. The van der Waals surface area contributed by atoms with Gasteiger partial charge in [-0.3, -0.25) is 5.10 Å². The number of hydrogen-bond acceptors (Lipinski definition) is 2. The quantitative estimate of drug-likeness (QED) is 0.735. The Morgan fingerprint density at radius 3 is 2.62 bits per heavy atom. The van der Waals surface area contributed by atoms with Gasteiger partial charge in [0.25, 0.3) is 0 Å². The molecule has 2 rings (SSSR count). The molecule has 3 nitrogen and oxygen atoms in total. The number of benzene rings is 1. The average molecular weight is 197 g/mol. The summed E-state index contributed by atoms with van der Waals surface area (Å²) in [5, 5.41) is 15.9. The van der Waals surface area contributed by atoms with E-state index in [1.54, 1.807) is 24.5 Å². The average Bonchev–Trinajstić information content (AvgIpc) is 2.57. The number of H-pyrrole nitrogens is 1. The Bertz CT molecular complexity index is 373. The van der Waals surface area contributed by atoms with E-state index in [0.717, 1.165) is 11.1 Å². The third-order valence-electron chi connectivity index (χ3n) is 1.71. The summed E-state index contributed by atoms with van der Waals surface area (Å²) in [5.41, 5.74) is 1.69. The van der Waals surface area contributed by atoms with E-state index in [1.165, 1.54) is 0 Å². The predicted octanol–water partition coefficient (Wildman–Crippen LogP) is 2.20. The van der Waals surface area contributed by atoms with Gasteiger partial charge in [-0.2, -0.15) is 5.10 Å². The van der Waals surface area contributed by atoms with Crippen molar-refractivity contribution in [1.29, 1.82) is 0 Å². The zero-order valence-electron chi connectivity index (χ0n) is 6.77. The Hall–Kier alpha value is -1.48. The van der Waals surface area contributed by atoms with Crippen molar-refractivity contribution in [3.8, 4) is 16.9 Å². The Kier molecular flexibility index (Phi) is 2.93. The Morgan fingerprint density at radius 1 is 1.23 bits per heavy atom. The molecule has 0 amide bonds. The monoisotopic (exact) mass is 196 g/mol. The molecule has 1 aromatic carbocycles. The van der Waals surface area contributed by atoms with Crippen molar-refractivity contribution in [1.82, 2.24) is 10.2 Å². The smallest absolute Gasteiger partial charge is 0.123 e. The van der Waals surface area contributed by atoms with Crippen LogP contribution in [-0.4, -0.2) is 15.3 Å². The van der Waals surface area contributed by atoms with Gasteiger partial charge in [0, 0.05) is 17.3 Å². The second kappa shape index (κ2) is 3.96. The number of phenolic OH excluding ortho intramolecular Hbond substituents is 1. The second-order valence-electron chi connectivity index (χ2n) is 2.50. The number of hydrogen-bond donors (Lipinski definition) is 2. The molecule has 4 heteroatoms. The lowest BCUT2D eigenvalue weighted by Crippen LogP contribution is -1.73. The lowest BCUT2D eigenvalue weighted by Gasteiger charge is -1.98. The van der Waals surface area contributed by atoms with E-state index in [-0.39, 0.29) is 18.2 Å². The molecule has 13 heavy (non-hydrogen) atoms. The molecule has 0 aliphatic heterocycles. The molecule has 2 aromatic rings. The van der Waals surface area contributed by atoms with Crippen LogP contribution >= 0.6 is 12.4 Å². The van der Waals surface area contributed by atoms with E-state index in [2.05, 4.69) is 10.2 Å². The summed E-state index contributed by atoms with van der Waals surface area (Å²) in [6, 6.07) is 7.17. The molecule has 0 aliphatic rings. The highest BCUT2D eigenvalue weighted by molar-refractivity contribution is 5.85. The SMILES string of the molecule is Cl.Oc1ccccc1-c1cn[nH]c1. The molecule has 0 spiro atoms. The van der Waals surface area contributed by atoms with E-state index in [1.807, 2.05) is 12.1 Å². The third kappa shape index (κ3) is 1.81. The molecule has 0 fully saturated rings. The molecule has 1 heterocycles. The van der Waals surface area contributed by atoms with Crippen molar-refractivity contribution in [2.24, 2.45) is 0 Å². The van der Waals surface area contributed by atoms with E-state index >= 15 is 0 Å². The summed E-state index contributed by atoms with van der Waals surface area (Å²) >= 11 is 0. The van der Waals surface area contributed by atoms with Crippen LogP contribution in [0.1, 0.15) is 0 Å². The van der Waals surface area contributed by atoms with Crippen LogP contribution in [0.4, 0.5) is 0 Å². The van der Waals surface area contributed by atoms with E-state index in [9.17, 15) is 5.11 Å². The fourth-order valence-corrected chi connectivity index (χ4v) is 1.12. The van der Waals surface area contributed by atoms with E-state index in [4.69, 9.17) is 0 Å². The molecule has 0 saturated carbocycles. The minimum atomic E-state index is 0. The summed E-state index contributed by atoms with van der Waals surface area (Å²) in [4.78, 5) is 0. The van der Waals surface area contributed by atoms with E-state index in [0.29, 0.717) is 0 Å². The second-order valence-corrected chi connectivity index (χ2v) is 2.50. The van der Waals surface area contributed by atoms with E-state index < -0.39 is 0 Å². The molecule has 1 aromatic heterocycles. The third-order valence-corrected chi connectivity index (χ3v) is 1.71. The van der Waals surface area contributed by atoms with Crippen LogP contribution in [0.25, 0.3) is 11.1 Å². The number of aromatic nitrogens is 2. The number of halogens is 1. The molecule has 0 bridgehead atoms. The van der Waals surface area contributed by atoms with Gasteiger partial charge in [-0.15, -0.1) is 12.4 Å². The number of phenols is 1. The van der Waals surface area contributed by atoms with Gasteiger partial charge in [-0.05, 0) is 6.07 Å². The molecule has 68 valence electrons. The van der Waals surface area contributed by atoms with Crippen LogP contribution in [0.15, 0.2) is 36.7 Å². The van der Waals surface area contributed by atoms with Crippen LogP contribution in [0.2, 0.25) is 0 Å². The fraction of sp³-hybridized carbons (Fsp3) is 0. The van der Waals surface area contributed by atoms with Crippen LogP contribution in [0.3, 0.4) is 0 Å². The molecule has 0 unspecified atom stereocenters. The minimum Gasteiger partial charge on any atom is -0.507 e. The van der Waals surface area contributed by atoms with Gasteiger partial charge >= 0.3 is 0 Å². The fourth-order valence-electron chi connectivity index (χ4n) is 1.12. The van der Waals surface area contributed by atoms with Gasteiger partial charge in [-0.1, -0.05) is 18.2 Å². The van der Waals surface area contributed by atoms with Crippen molar-refractivity contribution in [2.45, 2.75) is 0 Å². The first-order chi connectivity index (χ1) is 5.88. The van der Waals surface area contributed by atoms with Crippen molar-refractivity contribution in [3.63, 3.8) is 0 Å². The normalized spacial score (nSPS) is 9.23. The van der Waals surface area contributed by atoms with Crippen LogP contribution in [0, 0.1) is 0 Å². The number of rotatable bonds is 1. The summed E-state index contributed by atoms with van der Waals surface area (Å²) in [6.07, 6.45) is 3.42. The first-order valence-electron chi connectivity index (χ1n) is 3.65. The van der Waals surface area contributed by atoms with Gasteiger partial charge in [0.2, 0.25) is 0 Å². The van der Waals surface area contributed by atoms with Gasteiger partial charge in [0.05, 0.1) is 6.20 Å². The van der Waals surface area contributed by atoms with Crippen molar-refractivity contribution in [2.75, 3.05) is 0 Å². The number of nitrogens with one attached hydrogen (secondary N) is 1. The first-order valence-corrected chi connectivity index (χ1v) is 3.65. The molecule has 2 N–H and O–H groups in total. The minimum absolute atomic E-state index is 0. The van der Waals surface area contributed by atoms with Crippen molar-refractivity contribution in [3.05, 3.63) is 36.7 Å². The standard InChI is InChI=1S/C9H8N2O.ClH/c12-9-4-2-1-3-8(9)7-5-10-11-6-7;/h1-6,12H,(H,10,11);1H. The van der Waals surface area contributed by atoms with Crippen LogP contribution in [-0.2, 0) is 0 Å². The van der Waals surface area contributed by atoms with Gasteiger partial charge in [0.15, 0.2) is 0 Å². The maximum absolute atomic E-state index is 9.44. The lowest BCUT2D eigenvalue weighted by atomic mass is 10.1. The maximum atomic E-state index is 9.44. The number of aromatic amines is 1. The molecule has 0 saturated heterocycles. The Labute approximate surface area is 81.8 Å². The van der Waals surface area contributed by atoms with Crippen LogP contribution in [0.5, 0.6) is 5.75 Å². The van der Waals surface area contributed by atoms with Gasteiger partial charge in [-0.25, -0.2) is 0 Å². The maximum Gasteiger partial charge on any atom is 0.123 e. The predicted molar refractivity (Wildman–Crippen MR) is 52.9 cm³/mol. The zero-order valence-corrected chi connectivity index (χ0v) is 7.58. The summed E-state index contributed by atoms with van der Waals surface area (Å²) < 4.78 is 0. The molecular weight excluding hydrogens is 188 g/mol. The summed E-state index contributed by atoms with van der Waals surface area (Å²) in [6.45, 7) is 0.